The van der Waals surface area contributed by atoms with E-state index in [1.165, 1.54) is 0 Å². The second kappa shape index (κ2) is 4.65. The topological polar surface area (TPSA) is 26.3 Å². The van der Waals surface area contributed by atoms with Crippen LogP contribution in [0.15, 0.2) is 24.0 Å². The van der Waals surface area contributed by atoms with E-state index >= 15 is 0 Å². The molecule has 0 bridgehead atoms. The summed E-state index contributed by atoms with van der Waals surface area (Å²) < 4.78 is 5.49. The number of unbranched alkanes of at least 4 members (excludes halogenated alkanes) is 1. The molecule has 0 N–H and O–H groups in total. The zero-order chi connectivity index (χ0) is 11.5. The summed E-state index contributed by atoms with van der Waals surface area (Å²) in [5, 5.41) is 0. The molecule has 0 saturated heterocycles. The highest BCUT2D eigenvalue weighted by atomic mass is 16.5. The normalized spacial score (nSPS) is 20.1. The molecule has 0 amide bonds. The van der Waals surface area contributed by atoms with Crippen molar-refractivity contribution < 1.29 is 9.53 Å². The van der Waals surface area contributed by atoms with Crippen molar-refractivity contribution in [3.8, 4) is 0 Å². The summed E-state index contributed by atoms with van der Waals surface area (Å²) in [7, 11) is 0. The van der Waals surface area contributed by atoms with Crippen molar-refractivity contribution in [3.63, 3.8) is 0 Å². The van der Waals surface area contributed by atoms with Gasteiger partial charge in [-0.3, -0.25) is 4.79 Å². The summed E-state index contributed by atoms with van der Waals surface area (Å²) in [6.45, 7) is 10.7. The molecule has 1 aliphatic carbocycles. The number of ketones is 1. The molecule has 0 aromatic heterocycles. The van der Waals surface area contributed by atoms with Crippen molar-refractivity contribution in [3.05, 3.63) is 24.0 Å². The maximum Gasteiger partial charge on any atom is 0.222 e. The molecule has 1 aliphatic rings. The molecule has 0 aromatic rings. The Balaban J connectivity index is 2.71. The van der Waals surface area contributed by atoms with Gasteiger partial charge in [0.2, 0.25) is 5.78 Å². The van der Waals surface area contributed by atoms with Gasteiger partial charge in [-0.1, -0.05) is 33.8 Å². The lowest BCUT2D eigenvalue weighted by Crippen LogP contribution is -2.23. The number of carbonyl (C=O) groups is 1. The first-order chi connectivity index (χ1) is 6.96. The highest BCUT2D eigenvalue weighted by Gasteiger charge is 2.29. The Morgan fingerprint density at radius 3 is 2.80 bits per heavy atom. The second-order valence-corrected chi connectivity index (χ2v) is 4.81. The zero-order valence-corrected chi connectivity index (χ0v) is 9.93. The Bertz CT molecular complexity index is 298. The second-order valence-electron chi connectivity index (χ2n) is 4.81. The first kappa shape index (κ1) is 12.0. The van der Waals surface area contributed by atoms with Crippen molar-refractivity contribution >= 4 is 5.78 Å². The van der Waals surface area contributed by atoms with Gasteiger partial charge in [0.15, 0.2) is 5.76 Å². The molecule has 1 rings (SSSR count). The first-order valence-corrected chi connectivity index (χ1v) is 5.54. The van der Waals surface area contributed by atoms with Crippen LogP contribution >= 0.6 is 0 Å². The minimum atomic E-state index is -0.0228. The third-order valence-electron chi connectivity index (χ3n) is 2.49. The summed E-state index contributed by atoms with van der Waals surface area (Å²) >= 11 is 0. The highest BCUT2D eigenvalue weighted by Crippen LogP contribution is 2.34. The van der Waals surface area contributed by atoms with Crippen molar-refractivity contribution in [1.82, 2.24) is 0 Å². The molecule has 0 aromatic carbocycles. The number of ether oxygens (including phenoxy) is 1. The third-order valence-corrected chi connectivity index (χ3v) is 2.49. The lowest BCUT2D eigenvalue weighted by atomic mass is 9.79. The lowest BCUT2D eigenvalue weighted by Gasteiger charge is -2.27. The van der Waals surface area contributed by atoms with E-state index in [9.17, 15) is 4.79 Å². The molecule has 0 atom stereocenters. The van der Waals surface area contributed by atoms with Crippen LogP contribution in [0.2, 0.25) is 0 Å². The molecule has 2 nitrogen and oxygen atoms in total. The van der Waals surface area contributed by atoms with E-state index in [0.29, 0.717) is 17.9 Å². The Morgan fingerprint density at radius 2 is 2.20 bits per heavy atom. The molecule has 84 valence electrons. The average Bonchev–Trinajstić information content (AvgIpc) is 2.12. The standard InChI is InChI=1S/C13H20O2/c1-5-6-7-15-11-9-13(3,4)8-10(2)12(11)14/h9H,2,5-8H2,1,3-4H3. The molecule has 2 heteroatoms. The predicted octanol–water partition coefficient (Wildman–Crippen LogP) is 3.24. The van der Waals surface area contributed by atoms with E-state index in [4.69, 9.17) is 4.74 Å². The molecule has 0 heterocycles. The van der Waals surface area contributed by atoms with Gasteiger partial charge < -0.3 is 4.74 Å². The smallest absolute Gasteiger partial charge is 0.222 e. The maximum absolute atomic E-state index is 11.7. The molecule has 0 saturated carbocycles. The minimum absolute atomic E-state index is 0.00740. The lowest BCUT2D eigenvalue weighted by molar-refractivity contribution is -0.116. The Morgan fingerprint density at radius 1 is 1.53 bits per heavy atom. The van der Waals surface area contributed by atoms with Crippen LogP contribution in [0.25, 0.3) is 0 Å². The minimum Gasteiger partial charge on any atom is -0.490 e. The summed E-state index contributed by atoms with van der Waals surface area (Å²) in [6, 6.07) is 0. The van der Waals surface area contributed by atoms with Crippen molar-refractivity contribution in [1.29, 1.82) is 0 Å². The number of Topliss-reactive ketones (excluding diaryl/α,β-unsaturated/α-hetero) is 1. The highest BCUT2D eigenvalue weighted by molar-refractivity contribution is 6.07. The number of allylic oxidation sites excluding steroid dienone is 2. The number of rotatable bonds is 4. The largest absolute Gasteiger partial charge is 0.490 e. The van der Waals surface area contributed by atoms with Gasteiger partial charge in [0.05, 0.1) is 6.61 Å². The maximum atomic E-state index is 11.7. The number of carbonyl (C=O) groups excluding carboxylic acids is 1. The van der Waals surface area contributed by atoms with Gasteiger partial charge in [0, 0.05) is 0 Å². The van der Waals surface area contributed by atoms with E-state index < -0.39 is 0 Å². The Kier molecular flexibility index (Phi) is 3.72. The quantitative estimate of drug-likeness (QED) is 0.523. The summed E-state index contributed by atoms with van der Waals surface area (Å²) in [4.78, 5) is 11.7. The van der Waals surface area contributed by atoms with Crippen LogP contribution in [0, 0.1) is 5.41 Å². The number of hydrogen-bond donors (Lipinski definition) is 0. The molecule has 0 aliphatic heterocycles. The van der Waals surface area contributed by atoms with Crippen LogP contribution in [0.3, 0.4) is 0 Å². The van der Waals surface area contributed by atoms with Crippen molar-refractivity contribution in [2.75, 3.05) is 6.61 Å². The van der Waals surface area contributed by atoms with Crippen LogP contribution in [0.1, 0.15) is 40.0 Å². The molecule has 0 fully saturated rings. The van der Waals surface area contributed by atoms with E-state index in [-0.39, 0.29) is 11.2 Å². The molecule has 0 radical (unpaired) electrons. The third kappa shape index (κ3) is 3.22. The monoisotopic (exact) mass is 208 g/mol. The number of hydrogen-bond acceptors (Lipinski definition) is 2. The van der Waals surface area contributed by atoms with Gasteiger partial charge in [0.1, 0.15) is 0 Å². The van der Waals surface area contributed by atoms with Gasteiger partial charge in [-0.25, -0.2) is 0 Å². The molecule has 0 spiro atoms. The Hall–Kier alpha value is -1.05. The molecule has 0 unspecified atom stereocenters. The van der Waals surface area contributed by atoms with E-state index in [1.54, 1.807) is 0 Å². The van der Waals surface area contributed by atoms with Crippen molar-refractivity contribution in [2.24, 2.45) is 5.41 Å². The fourth-order valence-electron chi connectivity index (χ4n) is 1.71. The van der Waals surface area contributed by atoms with Crippen LogP contribution in [0.4, 0.5) is 0 Å². The summed E-state index contributed by atoms with van der Waals surface area (Å²) in [6.07, 6.45) is 4.72. The van der Waals surface area contributed by atoms with Gasteiger partial charge >= 0.3 is 0 Å². The van der Waals surface area contributed by atoms with Crippen LogP contribution in [-0.4, -0.2) is 12.4 Å². The van der Waals surface area contributed by atoms with Gasteiger partial charge in [-0.2, -0.15) is 0 Å². The zero-order valence-electron chi connectivity index (χ0n) is 9.93. The van der Waals surface area contributed by atoms with Crippen molar-refractivity contribution in [2.45, 2.75) is 40.0 Å². The van der Waals surface area contributed by atoms with Crippen LogP contribution < -0.4 is 0 Å². The summed E-state index contributed by atoms with van der Waals surface area (Å²) in [5.41, 5.74) is 0.654. The molecule has 15 heavy (non-hydrogen) atoms. The fraction of sp³-hybridized carbons (Fsp3) is 0.615. The van der Waals surface area contributed by atoms with Gasteiger partial charge in [0.25, 0.3) is 0 Å². The fourth-order valence-corrected chi connectivity index (χ4v) is 1.71. The van der Waals surface area contributed by atoms with E-state index in [1.807, 2.05) is 6.08 Å². The van der Waals surface area contributed by atoms with Gasteiger partial charge in [-0.15, -0.1) is 0 Å². The average molecular weight is 208 g/mol. The van der Waals surface area contributed by atoms with Crippen LogP contribution in [0.5, 0.6) is 0 Å². The predicted molar refractivity (Wildman–Crippen MR) is 61.5 cm³/mol. The molecular formula is C13H20O2. The Labute approximate surface area is 92.0 Å². The SMILES string of the molecule is C=C1CC(C)(C)C=C(OCCCC)C1=O. The van der Waals surface area contributed by atoms with Crippen LogP contribution in [-0.2, 0) is 9.53 Å². The molecular weight excluding hydrogens is 188 g/mol. The first-order valence-electron chi connectivity index (χ1n) is 5.54. The van der Waals surface area contributed by atoms with Gasteiger partial charge in [-0.05, 0) is 29.9 Å². The summed E-state index contributed by atoms with van der Waals surface area (Å²) in [5.74, 6) is 0.468. The van der Waals surface area contributed by atoms with E-state index in [2.05, 4.69) is 27.4 Å². The van der Waals surface area contributed by atoms with E-state index in [0.717, 1.165) is 19.3 Å².